The van der Waals surface area contributed by atoms with Gasteiger partial charge in [-0.25, -0.2) is 9.99 Å². The van der Waals surface area contributed by atoms with Gasteiger partial charge in [0.05, 0.1) is 17.7 Å². The van der Waals surface area contributed by atoms with Crippen molar-refractivity contribution in [3.8, 4) is 0 Å². The van der Waals surface area contributed by atoms with Crippen LogP contribution in [0.15, 0.2) is 74.4 Å². The number of furan rings is 1. The fraction of sp³-hybridized carbons (Fsp3) is 0.200. The van der Waals surface area contributed by atoms with Gasteiger partial charge in [-0.3, -0.25) is 9.59 Å². The van der Waals surface area contributed by atoms with E-state index in [1.165, 1.54) is 34.6 Å². The van der Waals surface area contributed by atoms with Crippen LogP contribution in [0.1, 0.15) is 29.3 Å². The third kappa shape index (κ3) is 3.91. The largest absolute Gasteiger partial charge is 0.467 e. The quantitative estimate of drug-likeness (QED) is 0.530. The molecule has 1 atom stereocenters. The van der Waals surface area contributed by atoms with E-state index in [-0.39, 0.29) is 23.3 Å². The molecule has 1 aromatic carbocycles. The lowest BCUT2D eigenvalue weighted by atomic mass is 10.0. The number of aromatic amines is 1. The summed E-state index contributed by atoms with van der Waals surface area (Å²) in [6, 6.07) is 12.8. The number of thioether (sulfide) groups is 1. The van der Waals surface area contributed by atoms with E-state index in [4.69, 9.17) is 4.42 Å². The molecule has 0 fully saturated rings. The lowest BCUT2D eigenvalue weighted by Gasteiger charge is -2.19. The number of nitrogens with zero attached hydrogens (tertiary/aromatic N) is 3. The topological polar surface area (TPSA) is 91.6 Å². The van der Waals surface area contributed by atoms with Crippen molar-refractivity contribution in [1.29, 1.82) is 0 Å². The van der Waals surface area contributed by atoms with Gasteiger partial charge in [-0.05, 0) is 24.6 Å². The Morgan fingerprint density at radius 2 is 2.11 bits per heavy atom. The number of carbonyl (C=O) groups excluding carboxylic acids is 1. The first-order valence-electron chi connectivity index (χ1n) is 8.78. The maximum Gasteiger partial charge on any atom is 0.253 e. The molecule has 0 bridgehead atoms. The van der Waals surface area contributed by atoms with Crippen LogP contribution >= 0.6 is 11.8 Å². The van der Waals surface area contributed by atoms with Crippen LogP contribution in [-0.4, -0.2) is 32.3 Å². The molecule has 0 radical (unpaired) electrons. The lowest BCUT2D eigenvalue weighted by molar-refractivity contribution is -0.130. The molecule has 28 heavy (non-hydrogen) atoms. The predicted molar refractivity (Wildman–Crippen MR) is 106 cm³/mol. The number of hydrogen-bond donors (Lipinski definition) is 1. The first-order chi connectivity index (χ1) is 13.6. The van der Waals surface area contributed by atoms with Gasteiger partial charge >= 0.3 is 0 Å². The number of hydrazone groups is 1. The third-order valence-corrected chi connectivity index (χ3v) is 5.27. The number of hydrogen-bond acceptors (Lipinski definition) is 6. The summed E-state index contributed by atoms with van der Waals surface area (Å²) >= 11 is 1.17. The van der Waals surface area contributed by atoms with Crippen LogP contribution < -0.4 is 5.56 Å². The summed E-state index contributed by atoms with van der Waals surface area (Å²) in [4.78, 5) is 30.9. The zero-order chi connectivity index (χ0) is 19.5. The van der Waals surface area contributed by atoms with E-state index in [9.17, 15) is 9.59 Å². The second-order valence-electron chi connectivity index (χ2n) is 6.41. The molecule has 1 amide bonds. The van der Waals surface area contributed by atoms with Crippen LogP contribution in [0.5, 0.6) is 0 Å². The van der Waals surface area contributed by atoms with Crippen molar-refractivity contribution in [2.24, 2.45) is 5.10 Å². The van der Waals surface area contributed by atoms with Crippen LogP contribution in [0.4, 0.5) is 0 Å². The first-order valence-corrected chi connectivity index (χ1v) is 9.77. The van der Waals surface area contributed by atoms with E-state index in [2.05, 4.69) is 15.1 Å². The first kappa shape index (κ1) is 18.2. The molecule has 142 valence electrons. The highest BCUT2D eigenvalue weighted by Gasteiger charge is 2.34. The van der Waals surface area contributed by atoms with Crippen molar-refractivity contribution in [1.82, 2.24) is 15.0 Å². The third-order valence-electron chi connectivity index (χ3n) is 4.40. The predicted octanol–water partition coefficient (Wildman–Crippen LogP) is 3.14. The molecule has 8 heteroatoms. The second kappa shape index (κ2) is 7.85. The molecule has 1 aliphatic heterocycles. The van der Waals surface area contributed by atoms with Gasteiger partial charge in [0, 0.05) is 18.7 Å². The molecule has 0 spiro atoms. The fourth-order valence-electron chi connectivity index (χ4n) is 2.98. The van der Waals surface area contributed by atoms with E-state index in [0.717, 1.165) is 11.3 Å². The number of carbonyl (C=O) groups is 1. The molecular weight excluding hydrogens is 376 g/mol. The van der Waals surface area contributed by atoms with Gasteiger partial charge in [-0.1, -0.05) is 41.6 Å². The van der Waals surface area contributed by atoms with Gasteiger partial charge in [0.2, 0.25) is 0 Å². The highest BCUT2D eigenvalue weighted by molar-refractivity contribution is 7.99. The molecule has 0 saturated carbocycles. The Labute approximate surface area is 165 Å². The molecule has 3 aromatic rings. The van der Waals surface area contributed by atoms with Crippen LogP contribution in [0, 0.1) is 6.92 Å². The summed E-state index contributed by atoms with van der Waals surface area (Å²) in [6.45, 7) is 2.03. The van der Waals surface area contributed by atoms with E-state index < -0.39 is 0 Å². The molecule has 0 saturated heterocycles. The SMILES string of the molecule is Cc1ccc(C2=NN(C(=O)CSc3nccc(=O)[nH]3)[C@@H](c3ccco3)C2)cc1. The minimum Gasteiger partial charge on any atom is -0.467 e. The van der Waals surface area contributed by atoms with E-state index >= 15 is 0 Å². The maximum absolute atomic E-state index is 12.9. The number of aromatic nitrogens is 2. The number of aryl methyl sites for hydroxylation is 1. The van der Waals surface area contributed by atoms with Crippen molar-refractivity contribution in [3.05, 3.63) is 82.2 Å². The Morgan fingerprint density at radius 3 is 2.82 bits per heavy atom. The normalized spacial score (nSPS) is 16.2. The summed E-state index contributed by atoms with van der Waals surface area (Å²) in [5.41, 5.74) is 2.74. The molecule has 1 N–H and O–H groups in total. The van der Waals surface area contributed by atoms with E-state index in [1.807, 2.05) is 37.3 Å². The van der Waals surface area contributed by atoms with Gasteiger partial charge in [0.1, 0.15) is 11.8 Å². The van der Waals surface area contributed by atoms with Crippen molar-refractivity contribution < 1.29 is 9.21 Å². The molecule has 1 aliphatic rings. The standard InChI is InChI=1S/C20H18N4O3S/c1-13-4-6-14(7-5-13)15-11-16(17-3-2-10-27-17)24(23-15)19(26)12-28-20-21-9-8-18(25)22-20/h2-10,16H,11-12H2,1H3,(H,21,22,25)/t16-/m1/s1. The molecule has 7 nitrogen and oxygen atoms in total. The number of benzene rings is 1. The van der Waals surface area contributed by atoms with Crippen LogP contribution in [-0.2, 0) is 4.79 Å². The van der Waals surface area contributed by atoms with Crippen molar-refractivity contribution in [2.45, 2.75) is 24.5 Å². The Morgan fingerprint density at radius 1 is 1.29 bits per heavy atom. The summed E-state index contributed by atoms with van der Waals surface area (Å²) in [5, 5.41) is 6.46. The average Bonchev–Trinajstić information content (AvgIpc) is 3.36. The Kier molecular flexibility index (Phi) is 5.12. The number of nitrogens with one attached hydrogen (secondary N) is 1. The minimum absolute atomic E-state index is 0.106. The van der Waals surface area contributed by atoms with Gasteiger partial charge < -0.3 is 9.40 Å². The second-order valence-corrected chi connectivity index (χ2v) is 7.38. The van der Waals surface area contributed by atoms with Crippen LogP contribution in [0.3, 0.4) is 0 Å². The Hall–Kier alpha value is -3.13. The summed E-state index contributed by atoms with van der Waals surface area (Å²) < 4.78 is 5.55. The monoisotopic (exact) mass is 394 g/mol. The van der Waals surface area contributed by atoms with E-state index in [0.29, 0.717) is 17.3 Å². The van der Waals surface area contributed by atoms with Crippen molar-refractivity contribution >= 4 is 23.4 Å². The molecule has 0 unspecified atom stereocenters. The summed E-state index contributed by atoms with van der Waals surface area (Å²) in [7, 11) is 0. The molecular formula is C20H18N4O3S. The number of H-pyrrole nitrogens is 1. The van der Waals surface area contributed by atoms with Gasteiger partial charge in [0.15, 0.2) is 5.16 Å². The fourth-order valence-corrected chi connectivity index (χ4v) is 3.69. The highest BCUT2D eigenvalue weighted by Crippen LogP contribution is 2.33. The maximum atomic E-state index is 12.9. The van der Waals surface area contributed by atoms with Crippen LogP contribution in [0.25, 0.3) is 0 Å². The Bertz CT molecular complexity index is 1060. The van der Waals surface area contributed by atoms with Gasteiger partial charge in [0.25, 0.3) is 11.5 Å². The minimum atomic E-state index is -0.290. The van der Waals surface area contributed by atoms with Crippen molar-refractivity contribution in [2.75, 3.05) is 5.75 Å². The Balaban J connectivity index is 1.56. The van der Waals surface area contributed by atoms with E-state index in [1.54, 1.807) is 12.3 Å². The lowest BCUT2D eigenvalue weighted by Crippen LogP contribution is -2.28. The smallest absolute Gasteiger partial charge is 0.253 e. The van der Waals surface area contributed by atoms with Crippen LogP contribution in [0.2, 0.25) is 0 Å². The molecule has 2 aromatic heterocycles. The molecule has 0 aliphatic carbocycles. The highest BCUT2D eigenvalue weighted by atomic mass is 32.2. The average molecular weight is 394 g/mol. The summed E-state index contributed by atoms with van der Waals surface area (Å²) in [6.07, 6.45) is 3.59. The zero-order valence-corrected chi connectivity index (χ0v) is 16.0. The molecule has 4 rings (SSSR count). The zero-order valence-electron chi connectivity index (χ0n) is 15.2. The van der Waals surface area contributed by atoms with Gasteiger partial charge in [-0.2, -0.15) is 5.10 Å². The number of amides is 1. The summed E-state index contributed by atoms with van der Waals surface area (Å²) in [5.74, 6) is 0.616. The van der Waals surface area contributed by atoms with Crippen molar-refractivity contribution in [3.63, 3.8) is 0 Å². The molecule has 3 heterocycles. The number of rotatable bonds is 5. The van der Waals surface area contributed by atoms with Gasteiger partial charge in [-0.15, -0.1) is 0 Å².